The van der Waals surface area contributed by atoms with Crippen molar-refractivity contribution in [3.63, 3.8) is 0 Å². The van der Waals surface area contributed by atoms with Gasteiger partial charge in [-0.15, -0.1) is 0 Å². The SMILES string of the molecule is Cc1nn(C)cc1NC(=S)N(Cc1ccccc1)Cc1ccccc1. The monoisotopic (exact) mass is 350 g/mol. The first kappa shape index (κ1) is 17.2. The van der Waals surface area contributed by atoms with Gasteiger partial charge in [-0.25, -0.2) is 0 Å². The summed E-state index contributed by atoms with van der Waals surface area (Å²) in [6.45, 7) is 3.48. The summed E-state index contributed by atoms with van der Waals surface area (Å²) >= 11 is 5.70. The van der Waals surface area contributed by atoms with E-state index in [0.717, 1.165) is 24.5 Å². The number of thiocarbonyl (C=S) groups is 1. The van der Waals surface area contributed by atoms with Gasteiger partial charge < -0.3 is 10.2 Å². The quantitative estimate of drug-likeness (QED) is 0.702. The molecule has 0 bridgehead atoms. The number of aromatic nitrogens is 2. The highest BCUT2D eigenvalue weighted by atomic mass is 32.1. The van der Waals surface area contributed by atoms with Gasteiger partial charge in [-0.2, -0.15) is 5.10 Å². The van der Waals surface area contributed by atoms with Gasteiger partial charge in [0.15, 0.2) is 5.11 Å². The maximum atomic E-state index is 5.70. The topological polar surface area (TPSA) is 33.1 Å². The largest absolute Gasteiger partial charge is 0.340 e. The molecule has 0 aliphatic carbocycles. The minimum atomic E-state index is 0.698. The fourth-order valence-corrected chi connectivity index (χ4v) is 2.96. The third-order valence-corrected chi connectivity index (χ3v) is 4.34. The Hall–Kier alpha value is -2.66. The molecule has 2 aromatic carbocycles. The second kappa shape index (κ2) is 7.94. The Kier molecular flexibility index (Phi) is 5.46. The molecular formula is C20H22N4S. The molecule has 0 unspecified atom stereocenters. The summed E-state index contributed by atoms with van der Waals surface area (Å²) in [4.78, 5) is 2.17. The summed E-state index contributed by atoms with van der Waals surface area (Å²) in [7, 11) is 1.91. The van der Waals surface area contributed by atoms with Crippen molar-refractivity contribution in [2.45, 2.75) is 20.0 Å². The zero-order valence-corrected chi connectivity index (χ0v) is 15.3. The molecule has 25 heavy (non-hydrogen) atoms. The Morgan fingerprint density at radius 1 is 1.00 bits per heavy atom. The van der Waals surface area contributed by atoms with Crippen molar-refractivity contribution in [1.82, 2.24) is 14.7 Å². The van der Waals surface area contributed by atoms with Crippen molar-refractivity contribution in [2.75, 3.05) is 5.32 Å². The van der Waals surface area contributed by atoms with Gasteiger partial charge in [0.1, 0.15) is 0 Å². The normalized spacial score (nSPS) is 10.5. The molecule has 1 heterocycles. The molecule has 0 radical (unpaired) electrons. The summed E-state index contributed by atoms with van der Waals surface area (Å²) < 4.78 is 1.79. The maximum Gasteiger partial charge on any atom is 0.174 e. The van der Waals surface area contributed by atoms with E-state index in [9.17, 15) is 0 Å². The number of anilines is 1. The van der Waals surface area contributed by atoms with Gasteiger partial charge >= 0.3 is 0 Å². The molecule has 4 nitrogen and oxygen atoms in total. The van der Waals surface area contributed by atoms with E-state index in [1.807, 2.05) is 32.3 Å². The van der Waals surface area contributed by atoms with Crippen LogP contribution >= 0.6 is 12.2 Å². The van der Waals surface area contributed by atoms with E-state index in [2.05, 4.69) is 63.8 Å². The van der Waals surface area contributed by atoms with E-state index in [1.54, 1.807) is 4.68 Å². The number of rotatable bonds is 5. The van der Waals surface area contributed by atoms with Crippen molar-refractivity contribution in [3.8, 4) is 0 Å². The average molecular weight is 350 g/mol. The van der Waals surface area contributed by atoms with Crippen molar-refractivity contribution in [2.24, 2.45) is 7.05 Å². The molecule has 1 N–H and O–H groups in total. The third-order valence-electron chi connectivity index (χ3n) is 3.97. The van der Waals surface area contributed by atoms with E-state index >= 15 is 0 Å². The fraction of sp³-hybridized carbons (Fsp3) is 0.200. The van der Waals surface area contributed by atoms with Gasteiger partial charge in [0, 0.05) is 26.3 Å². The lowest BCUT2D eigenvalue weighted by Gasteiger charge is -2.26. The number of hydrogen-bond acceptors (Lipinski definition) is 2. The van der Waals surface area contributed by atoms with Crippen LogP contribution in [0.4, 0.5) is 5.69 Å². The van der Waals surface area contributed by atoms with Crippen LogP contribution in [-0.4, -0.2) is 19.8 Å². The summed E-state index contributed by atoms with van der Waals surface area (Å²) in [6, 6.07) is 20.8. The van der Waals surface area contributed by atoms with E-state index in [-0.39, 0.29) is 0 Å². The lowest BCUT2D eigenvalue weighted by molar-refractivity contribution is 0.413. The highest BCUT2D eigenvalue weighted by Crippen LogP contribution is 2.16. The van der Waals surface area contributed by atoms with Gasteiger partial charge in [-0.3, -0.25) is 4.68 Å². The Morgan fingerprint density at radius 2 is 1.52 bits per heavy atom. The van der Waals surface area contributed by atoms with E-state index in [4.69, 9.17) is 12.2 Å². The molecule has 0 fully saturated rings. The smallest absolute Gasteiger partial charge is 0.174 e. The van der Waals surface area contributed by atoms with Crippen LogP contribution < -0.4 is 5.32 Å². The molecule has 3 rings (SSSR count). The van der Waals surface area contributed by atoms with Crippen LogP contribution in [0.2, 0.25) is 0 Å². The molecule has 0 atom stereocenters. The minimum Gasteiger partial charge on any atom is -0.340 e. The lowest BCUT2D eigenvalue weighted by Crippen LogP contribution is -2.33. The second-order valence-corrected chi connectivity index (χ2v) is 6.45. The molecule has 0 saturated carbocycles. The summed E-state index contributed by atoms with van der Waals surface area (Å²) in [6.07, 6.45) is 1.95. The van der Waals surface area contributed by atoms with Gasteiger partial charge in [-0.05, 0) is 30.3 Å². The number of aryl methyl sites for hydroxylation is 2. The first-order valence-electron chi connectivity index (χ1n) is 8.26. The van der Waals surface area contributed by atoms with E-state index < -0.39 is 0 Å². The van der Waals surface area contributed by atoms with Crippen molar-refractivity contribution >= 4 is 23.0 Å². The number of hydrogen-bond donors (Lipinski definition) is 1. The molecule has 0 spiro atoms. The molecule has 0 amide bonds. The zero-order chi connectivity index (χ0) is 17.6. The van der Waals surface area contributed by atoms with Crippen molar-refractivity contribution in [3.05, 3.63) is 83.7 Å². The molecule has 0 saturated heterocycles. The Labute approximate surface area is 154 Å². The molecular weight excluding hydrogens is 328 g/mol. The van der Waals surface area contributed by atoms with E-state index in [0.29, 0.717) is 5.11 Å². The van der Waals surface area contributed by atoms with Crippen LogP contribution in [0.5, 0.6) is 0 Å². The van der Waals surface area contributed by atoms with Crippen LogP contribution in [0, 0.1) is 6.92 Å². The second-order valence-electron chi connectivity index (χ2n) is 6.06. The lowest BCUT2D eigenvalue weighted by atomic mass is 10.2. The predicted molar refractivity (Wildman–Crippen MR) is 106 cm³/mol. The van der Waals surface area contributed by atoms with Crippen molar-refractivity contribution in [1.29, 1.82) is 0 Å². The first-order valence-corrected chi connectivity index (χ1v) is 8.66. The van der Waals surface area contributed by atoms with Gasteiger partial charge in [0.2, 0.25) is 0 Å². The Bertz CT molecular complexity index is 786. The third kappa shape index (κ3) is 4.67. The zero-order valence-electron chi connectivity index (χ0n) is 14.5. The van der Waals surface area contributed by atoms with Gasteiger partial charge in [-0.1, -0.05) is 60.7 Å². The molecule has 5 heteroatoms. The molecule has 0 aliphatic heterocycles. The van der Waals surface area contributed by atoms with Crippen LogP contribution in [0.15, 0.2) is 66.9 Å². The van der Waals surface area contributed by atoms with Crippen molar-refractivity contribution < 1.29 is 0 Å². The van der Waals surface area contributed by atoms with Gasteiger partial charge in [0.05, 0.1) is 11.4 Å². The summed E-state index contributed by atoms with van der Waals surface area (Å²) in [5.41, 5.74) is 4.33. The predicted octanol–water partition coefficient (Wildman–Crippen LogP) is 4.13. The van der Waals surface area contributed by atoms with Crippen LogP contribution in [0.25, 0.3) is 0 Å². The number of nitrogens with zero attached hydrogens (tertiary/aromatic N) is 3. The summed E-state index contributed by atoms with van der Waals surface area (Å²) in [5, 5.41) is 8.41. The average Bonchev–Trinajstić information content (AvgIpc) is 2.93. The molecule has 0 aliphatic rings. The van der Waals surface area contributed by atoms with Crippen LogP contribution in [0.3, 0.4) is 0 Å². The summed E-state index contributed by atoms with van der Waals surface area (Å²) in [5.74, 6) is 0. The minimum absolute atomic E-state index is 0.698. The first-order chi connectivity index (χ1) is 12.1. The standard InChI is InChI=1S/C20H22N4S/c1-16-19(15-23(2)22-16)21-20(25)24(13-17-9-5-3-6-10-17)14-18-11-7-4-8-12-18/h3-12,15H,13-14H2,1-2H3,(H,21,25). The number of nitrogens with one attached hydrogen (secondary N) is 1. The number of benzene rings is 2. The molecule has 3 aromatic rings. The molecule has 128 valence electrons. The maximum absolute atomic E-state index is 5.70. The molecule has 1 aromatic heterocycles. The highest BCUT2D eigenvalue weighted by Gasteiger charge is 2.13. The van der Waals surface area contributed by atoms with E-state index in [1.165, 1.54) is 11.1 Å². The van der Waals surface area contributed by atoms with Gasteiger partial charge in [0.25, 0.3) is 0 Å². The highest BCUT2D eigenvalue weighted by molar-refractivity contribution is 7.80. The fourth-order valence-electron chi connectivity index (χ4n) is 2.72. The van der Waals surface area contributed by atoms with Crippen LogP contribution in [-0.2, 0) is 20.1 Å². The Balaban J connectivity index is 1.79. The Morgan fingerprint density at radius 3 is 1.96 bits per heavy atom. The van der Waals surface area contributed by atoms with Crippen LogP contribution in [0.1, 0.15) is 16.8 Å².